The van der Waals surface area contributed by atoms with Crippen molar-refractivity contribution < 1.29 is 8.42 Å². The standard InChI is InChI=1S/C13H19ClN2O2S/c1-15(2)11-7-9-16(10-8-11)19(17,18)13-6-4-3-5-12(13)14/h3-6,11H,7-10H2,1-2H3. The van der Waals surface area contributed by atoms with E-state index in [4.69, 9.17) is 11.6 Å². The van der Waals surface area contributed by atoms with Gasteiger partial charge in [0.1, 0.15) is 4.90 Å². The molecule has 0 radical (unpaired) electrons. The minimum absolute atomic E-state index is 0.208. The third kappa shape index (κ3) is 3.11. The number of rotatable bonds is 3. The smallest absolute Gasteiger partial charge is 0.244 e. The lowest BCUT2D eigenvalue weighted by Crippen LogP contribution is -2.44. The summed E-state index contributed by atoms with van der Waals surface area (Å²) in [6, 6.07) is 7.07. The van der Waals surface area contributed by atoms with Gasteiger partial charge in [0, 0.05) is 19.1 Å². The minimum Gasteiger partial charge on any atom is -0.306 e. The predicted octanol–water partition coefficient (Wildman–Crippen LogP) is 2.05. The molecule has 0 unspecified atom stereocenters. The van der Waals surface area contributed by atoms with Crippen LogP contribution in [0, 0.1) is 0 Å². The molecule has 0 N–H and O–H groups in total. The van der Waals surface area contributed by atoms with Crippen LogP contribution in [0.4, 0.5) is 0 Å². The first-order valence-corrected chi connectivity index (χ1v) is 8.16. The Hall–Kier alpha value is -0.620. The first-order chi connectivity index (χ1) is 8.93. The molecule has 1 saturated heterocycles. The van der Waals surface area contributed by atoms with Crippen molar-refractivity contribution in [3.05, 3.63) is 29.3 Å². The molecule has 106 valence electrons. The van der Waals surface area contributed by atoms with Gasteiger partial charge in [-0.25, -0.2) is 8.42 Å². The number of nitrogens with zero attached hydrogens (tertiary/aromatic N) is 2. The van der Waals surface area contributed by atoms with Crippen LogP contribution in [0.2, 0.25) is 5.02 Å². The molecule has 0 atom stereocenters. The van der Waals surface area contributed by atoms with Gasteiger partial charge >= 0.3 is 0 Å². The van der Waals surface area contributed by atoms with Crippen molar-refractivity contribution in [2.75, 3.05) is 27.2 Å². The molecule has 0 amide bonds. The van der Waals surface area contributed by atoms with Crippen molar-refractivity contribution in [2.24, 2.45) is 0 Å². The van der Waals surface area contributed by atoms with Crippen molar-refractivity contribution in [1.29, 1.82) is 0 Å². The quantitative estimate of drug-likeness (QED) is 0.858. The zero-order valence-corrected chi connectivity index (χ0v) is 12.8. The summed E-state index contributed by atoms with van der Waals surface area (Å²) in [4.78, 5) is 2.36. The van der Waals surface area contributed by atoms with E-state index in [1.165, 1.54) is 4.31 Å². The average Bonchev–Trinajstić information content (AvgIpc) is 2.39. The van der Waals surface area contributed by atoms with Crippen molar-refractivity contribution >= 4 is 21.6 Å². The number of sulfonamides is 1. The fourth-order valence-electron chi connectivity index (χ4n) is 2.39. The highest BCUT2D eigenvalue weighted by Crippen LogP contribution is 2.27. The molecule has 19 heavy (non-hydrogen) atoms. The van der Waals surface area contributed by atoms with E-state index < -0.39 is 10.0 Å². The van der Waals surface area contributed by atoms with Gasteiger partial charge in [-0.15, -0.1) is 0 Å². The SMILES string of the molecule is CN(C)C1CCN(S(=O)(=O)c2ccccc2Cl)CC1. The summed E-state index contributed by atoms with van der Waals surface area (Å²) >= 11 is 5.99. The van der Waals surface area contributed by atoms with Crippen LogP contribution in [0.5, 0.6) is 0 Å². The third-order valence-electron chi connectivity index (χ3n) is 3.61. The van der Waals surface area contributed by atoms with Gasteiger partial charge in [-0.05, 0) is 39.1 Å². The number of hydrogen-bond donors (Lipinski definition) is 0. The van der Waals surface area contributed by atoms with Crippen molar-refractivity contribution in [2.45, 2.75) is 23.8 Å². The zero-order valence-electron chi connectivity index (χ0n) is 11.2. The van der Waals surface area contributed by atoms with E-state index in [-0.39, 0.29) is 9.92 Å². The Morgan fingerprint density at radius 2 is 1.79 bits per heavy atom. The monoisotopic (exact) mass is 302 g/mol. The predicted molar refractivity (Wildman–Crippen MR) is 76.9 cm³/mol. The van der Waals surface area contributed by atoms with Crippen LogP contribution in [0.15, 0.2) is 29.2 Å². The molecule has 1 aliphatic rings. The summed E-state index contributed by atoms with van der Waals surface area (Å²) in [5, 5.41) is 0.289. The minimum atomic E-state index is -3.46. The fourth-order valence-corrected chi connectivity index (χ4v) is 4.35. The number of piperidine rings is 1. The van der Waals surface area contributed by atoms with Gasteiger partial charge in [0.15, 0.2) is 0 Å². The normalized spacial score (nSPS) is 18.9. The summed E-state index contributed by atoms with van der Waals surface area (Å²) < 4.78 is 26.6. The van der Waals surface area contributed by atoms with E-state index in [0.29, 0.717) is 19.1 Å². The molecule has 6 heteroatoms. The second kappa shape index (κ2) is 5.79. The molecule has 1 aliphatic heterocycles. The zero-order chi connectivity index (χ0) is 14.0. The Balaban J connectivity index is 2.17. The highest BCUT2D eigenvalue weighted by molar-refractivity contribution is 7.89. The Morgan fingerprint density at radius 3 is 2.32 bits per heavy atom. The van der Waals surface area contributed by atoms with Crippen molar-refractivity contribution in [3.8, 4) is 0 Å². The largest absolute Gasteiger partial charge is 0.306 e. The van der Waals surface area contributed by atoms with Crippen molar-refractivity contribution in [1.82, 2.24) is 9.21 Å². The van der Waals surface area contributed by atoms with Gasteiger partial charge in [0.05, 0.1) is 5.02 Å². The Bertz CT molecular complexity index is 537. The molecular weight excluding hydrogens is 284 g/mol. The van der Waals surface area contributed by atoms with E-state index in [9.17, 15) is 8.42 Å². The van der Waals surface area contributed by atoms with Crippen LogP contribution < -0.4 is 0 Å². The number of benzene rings is 1. The molecule has 0 saturated carbocycles. The summed E-state index contributed by atoms with van der Waals surface area (Å²) in [7, 11) is 0.602. The van der Waals surface area contributed by atoms with E-state index in [1.54, 1.807) is 24.3 Å². The summed E-state index contributed by atoms with van der Waals surface area (Å²) in [6.07, 6.45) is 1.72. The maximum Gasteiger partial charge on any atom is 0.244 e. The highest BCUT2D eigenvalue weighted by atomic mass is 35.5. The van der Waals surface area contributed by atoms with E-state index in [2.05, 4.69) is 4.90 Å². The van der Waals surface area contributed by atoms with Crippen LogP contribution in [-0.4, -0.2) is 50.8 Å². The maximum atomic E-state index is 12.5. The second-order valence-corrected chi connectivity index (χ2v) is 7.34. The molecular formula is C13H19ClN2O2S. The molecule has 1 heterocycles. The Kier molecular flexibility index (Phi) is 4.50. The molecule has 0 bridgehead atoms. The van der Waals surface area contributed by atoms with Crippen LogP contribution >= 0.6 is 11.6 Å². The van der Waals surface area contributed by atoms with Crippen LogP contribution in [-0.2, 0) is 10.0 Å². The van der Waals surface area contributed by atoms with E-state index in [0.717, 1.165) is 12.8 Å². The molecule has 1 aromatic rings. The van der Waals surface area contributed by atoms with Gasteiger partial charge in [-0.3, -0.25) is 0 Å². The second-order valence-electron chi connectivity index (χ2n) is 5.03. The molecule has 4 nitrogen and oxygen atoms in total. The number of hydrogen-bond acceptors (Lipinski definition) is 3. The first kappa shape index (κ1) is 14.8. The first-order valence-electron chi connectivity index (χ1n) is 6.34. The molecule has 1 fully saturated rings. The van der Waals surface area contributed by atoms with E-state index >= 15 is 0 Å². The Labute approximate surface area is 120 Å². The van der Waals surface area contributed by atoms with Gasteiger partial charge in [-0.1, -0.05) is 23.7 Å². The lowest BCUT2D eigenvalue weighted by atomic mass is 10.1. The molecule has 0 spiro atoms. The van der Waals surface area contributed by atoms with Crippen LogP contribution in [0.1, 0.15) is 12.8 Å². The molecule has 2 rings (SSSR count). The number of halogens is 1. The average molecular weight is 303 g/mol. The van der Waals surface area contributed by atoms with Crippen LogP contribution in [0.25, 0.3) is 0 Å². The molecule has 0 aliphatic carbocycles. The van der Waals surface area contributed by atoms with Gasteiger partial charge in [0.2, 0.25) is 10.0 Å². The summed E-state index contributed by atoms with van der Waals surface area (Å²) in [5.74, 6) is 0. The van der Waals surface area contributed by atoms with Gasteiger partial charge in [0.25, 0.3) is 0 Å². The topological polar surface area (TPSA) is 40.6 Å². The van der Waals surface area contributed by atoms with Crippen LogP contribution in [0.3, 0.4) is 0 Å². The Morgan fingerprint density at radius 1 is 1.21 bits per heavy atom. The lowest BCUT2D eigenvalue weighted by Gasteiger charge is -2.34. The maximum absolute atomic E-state index is 12.5. The van der Waals surface area contributed by atoms with Gasteiger partial charge in [-0.2, -0.15) is 4.31 Å². The highest BCUT2D eigenvalue weighted by Gasteiger charge is 2.31. The molecule has 0 aromatic heterocycles. The lowest BCUT2D eigenvalue weighted by molar-refractivity contribution is 0.196. The summed E-state index contributed by atoms with van der Waals surface area (Å²) in [5.41, 5.74) is 0. The van der Waals surface area contributed by atoms with Crippen molar-refractivity contribution in [3.63, 3.8) is 0 Å². The fraction of sp³-hybridized carbons (Fsp3) is 0.538. The third-order valence-corrected chi connectivity index (χ3v) is 6.01. The summed E-state index contributed by atoms with van der Waals surface area (Å²) in [6.45, 7) is 1.10. The van der Waals surface area contributed by atoms with E-state index in [1.807, 2.05) is 14.1 Å². The molecule has 1 aromatic carbocycles. The van der Waals surface area contributed by atoms with Gasteiger partial charge < -0.3 is 4.90 Å².